The average Bonchev–Trinajstić information content (AvgIpc) is 2.84. The van der Waals surface area contributed by atoms with E-state index in [9.17, 15) is 19.2 Å². The Morgan fingerprint density at radius 1 is 1.06 bits per heavy atom. The van der Waals surface area contributed by atoms with E-state index in [2.05, 4.69) is 30.6 Å². The van der Waals surface area contributed by atoms with Crippen LogP contribution >= 0.6 is 0 Å². The molecule has 3 aromatic rings. The van der Waals surface area contributed by atoms with Gasteiger partial charge in [0, 0.05) is 29.5 Å². The summed E-state index contributed by atoms with van der Waals surface area (Å²) in [5.74, 6) is -1.43. The molecule has 0 aliphatic heterocycles. The summed E-state index contributed by atoms with van der Waals surface area (Å²) in [6.07, 6.45) is 1.36. The summed E-state index contributed by atoms with van der Waals surface area (Å²) < 4.78 is 0. The lowest BCUT2D eigenvalue weighted by molar-refractivity contribution is -0.137. The first-order valence-corrected chi connectivity index (χ1v) is 11.7. The molecular formula is C25H30N6O5. The quantitative estimate of drug-likeness (QED) is 0.313. The number of hydrogen-bond donors (Lipinski definition) is 4. The number of amides is 1. The molecule has 0 fully saturated rings. The van der Waals surface area contributed by atoms with Crippen molar-refractivity contribution >= 4 is 34.5 Å². The van der Waals surface area contributed by atoms with E-state index in [1.165, 1.54) is 0 Å². The molecule has 0 aliphatic carbocycles. The molecular weight excluding hydrogens is 464 g/mol. The van der Waals surface area contributed by atoms with E-state index in [1.807, 2.05) is 13.8 Å². The number of hydrogen-bond acceptors (Lipinski definition) is 8. The van der Waals surface area contributed by atoms with E-state index >= 15 is 0 Å². The van der Waals surface area contributed by atoms with E-state index in [0.717, 1.165) is 0 Å². The molecule has 0 saturated carbocycles. The zero-order chi connectivity index (χ0) is 26.4. The van der Waals surface area contributed by atoms with Gasteiger partial charge >= 0.3 is 5.97 Å². The third-order valence-electron chi connectivity index (χ3n) is 5.52. The molecule has 11 nitrogen and oxygen atoms in total. The van der Waals surface area contributed by atoms with E-state index < -0.39 is 17.9 Å². The van der Waals surface area contributed by atoms with Gasteiger partial charge < -0.3 is 20.7 Å². The number of H-pyrrole nitrogens is 1. The van der Waals surface area contributed by atoms with E-state index in [1.54, 1.807) is 44.3 Å². The maximum absolute atomic E-state index is 12.7. The fraction of sp³-hybridized carbons (Fsp3) is 0.400. The van der Waals surface area contributed by atoms with Gasteiger partial charge in [-0.3, -0.25) is 19.2 Å². The lowest BCUT2D eigenvalue weighted by Gasteiger charge is -2.19. The lowest BCUT2D eigenvalue weighted by Crippen LogP contribution is -2.43. The number of fused-ring (bicyclic) bond motifs is 1. The molecule has 4 N–H and O–H groups in total. The Hall–Kier alpha value is -4.15. The summed E-state index contributed by atoms with van der Waals surface area (Å²) in [7, 11) is 0. The first-order valence-electron chi connectivity index (χ1n) is 11.7. The number of carboxylic acid groups (broad SMARTS) is 1. The predicted octanol–water partition coefficient (Wildman–Crippen LogP) is 2.64. The second-order valence-electron chi connectivity index (χ2n) is 9.09. The van der Waals surface area contributed by atoms with Gasteiger partial charge in [-0.05, 0) is 30.7 Å². The Morgan fingerprint density at radius 3 is 2.36 bits per heavy atom. The Kier molecular flexibility index (Phi) is 8.46. The van der Waals surface area contributed by atoms with Gasteiger partial charge in [-0.1, -0.05) is 27.7 Å². The van der Waals surface area contributed by atoms with Gasteiger partial charge in [0.05, 0.1) is 24.5 Å². The minimum atomic E-state index is -1.03. The van der Waals surface area contributed by atoms with Crippen LogP contribution in [0.15, 0.2) is 35.3 Å². The summed E-state index contributed by atoms with van der Waals surface area (Å²) in [5.41, 5.74) is 1.70. The summed E-state index contributed by atoms with van der Waals surface area (Å²) in [6.45, 7) is 7.55. The van der Waals surface area contributed by atoms with Gasteiger partial charge in [0.2, 0.25) is 0 Å². The maximum atomic E-state index is 12.7. The van der Waals surface area contributed by atoms with E-state index in [0.29, 0.717) is 35.0 Å². The zero-order valence-electron chi connectivity index (χ0n) is 20.7. The van der Waals surface area contributed by atoms with Gasteiger partial charge in [-0.15, -0.1) is 0 Å². The molecule has 1 amide bonds. The number of anilines is 1. The predicted molar refractivity (Wildman–Crippen MR) is 134 cm³/mol. The molecule has 0 spiro atoms. The summed E-state index contributed by atoms with van der Waals surface area (Å²) in [5, 5.41) is 14.7. The van der Waals surface area contributed by atoms with Crippen LogP contribution in [0.1, 0.15) is 68.3 Å². The van der Waals surface area contributed by atoms with Gasteiger partial charge in [0.15, 0.2) is 16.9 Å². The molecule has 2 aromatic heterocycles. The highest BCUT2D eigenvalue weighted by molar-refractivity contribution is 5.98. The summed E-state index contributed by atoms with van der Waals surface area (Å²) in [4.78, 5) is 64.0. The minimum absolute atomic E-state index is 0.0294. The largest absolute Gasteiger partial charge is 0.481 e. The van der Waals surface area contributed by atoms with Crippen molar-refractivity contribution in [3.8, 4) is 0 Å². The SMILES string of the molecule is CC(C)C(=O)[C@H](CCC(=O)O)NC(=O)c1ccc(NCc2cnc3nc(C(C)C)[nH]c(=O)c3n2)cc1. The topological polar surface area (TPSA) is 167 Å². The van der Waals surface area contributed by atoms with Crippen molar-refractivity contribution in [3.63, 3.8) is 0 Å². The fourth-order valence-corrected chi connectivity index (χ4v) is 3.46. The number of carbonyl (C=O) groups excluding carboxylic acids is 2. The van der Waals surface area contributed by atoms with Gasteiger partial charge in [0.25, 0.3) is 11.5 Å². The summed E-state index contributed by atoms with van der Waals surface area (Å²) in [6, 6.07) is 5.72. The van der Waals surface area contributed by atoms with Crippen LogP contribution < -0.4 is 16.2 Å². The van der Waals surface area contributed by atoms with Crippen molar-refractivity contribution in [2.75, 3.05) is 5.32 Å². The van der Waals surface area contributed by atoms with Gasteiger partial charge in [-0.25, -0.2) is 15.0 Å². The average molecular weight is 495 g/mol. The standard InChI is InChI=1S/C25H30N6O5/c1-13(2)21(34)18(9-10-19(32)33)29-24(35)15-5-7-16(8-6-15)26-11-17-12-27-23-20(28-17)25(36)31-22(30-23)14(3)4/h5-8,12-14,18,26H,9-11H2,1-4H3,(H,29,35)(H,32,33)(H,27,30,31,36)/t18-/m0/s1. The first kappa shape index (κ1) is 26.5. The Bertz CT molecular complexity index is 1320. The van der Waals surface area contributed by atoms with Crippen molar-refractivity contribution in [2.24, 2.45) is 5.92 Å². The number of aliphatic carboxylic acids is 1. The number of aromatic amines is 1. The van der Waals surface area contributed by atoms with Gasteiger partial charge in [0.1, 0.15) is 5.82 Å². The van der Waals surface area contributed by atoms with Crippen molar-refractivity contribution in [2.45, 2.75) is 59.0 Å². The molecule has 3 rings (SSSR count). The number of carboxylic acids is 1. The molecule has 0 saturated heterocycles. The van der Waals surface area contributed by atoms with Crippen LogP contribution in [0.4, 0.5) is 5.69 Å². The van der Waals surface area contributed by atoms with Crippen molar-refractivity contribution in [1.29, 1.82) is 0 Å². The second-order valence-corrected chi connectivity index (χ2v) is 9.09. The molecule has 0 unspecified atom stereocenters. The Labute approximate surface area is 207 Å². The highest BCUT2D eigenvalue weighted by Gasteiger charge is 2.24. The van der Waals surface area contributed by atoms with E-state index in [-0.39, 0.29) is 41.5 Å². The molecule has 36 heavy (non-hydrogen) atoms. The molecule has 1 atom stereocenters. The number of nitrogens with one attached hydrogen (secondary N) is 3. The van der Waals surface area contributed by atoms with Crippen LogP contribution in [0, 0.1) is 5.92 Å². The zero-order valence-corrected chi connectivity index (χ0v) is 20.7. The smallest absolute Gasteiger partial charge is 0.303 e. The van der Waals surface area contributed by atoms with E-state index in [4.69, 9.17) is 5.11 Å². The number of ketones is 1. The summed E-state index contributed by atoms with van der Waals surface area (Å²) >= 11 is 0. The van der Waals surface area contributed by atoms with Crippen LogP contribution in [0.5, 0.6) is 0 Å². The van der Waals surface area contributed by atoms with Crippen molar-refractivity contribution in [1.82, 2.24) is 25.3 Å². The maximum Gasteiger partial charge on any atom is 0.303 e. The molecule has 1 aromatic carbocycles. The van der Waals surface area contributed by atoms with Crippen LogP contribution in [0.2, 0.25) is 0 Å². The fourth-order valence-electron chi connectivity index (χ4n) is 3.46. The number of nitrogens with zero attached hydrogens (tertiary/aromatic N) is 3. The number of carbonyl (C=O) groups is 3. The number of rotatable bonds is 11. The van der Waals surface area contributed by atoms with Crippen LogP contribution in [0.3, 0.4) is 0 Å². The van der Waals surface area contributed by atoms with Crippen molar-refractivity contribution < 1.29 is 19.5 Å². The van der Waals surface area contributed by atoms with Crippen LogP contribution in [-0.4, -0.2) is 48.7 Å². The number of benzene rings is 1. The third kappa shape index (κ3) is 6.71. The van der Waals surface area contributed by atoms with Crippen LogP contribution in [0.25, 0.3) is 11.2 Å². The molecule has 0 radical (unpaired) electrons. The highest BCUT2D eigenvalue weighted by atomic mass is 16.4. The van der Waals surface area contributed by atoms with Crippen LogP contribution in [-0.2, 0) is 16.1 Å². The second kappa shape index (κ2) is 11.5. The third-order valence-corrected chi connectivity index (χ3v) is 5.52. The van der Waals surface area contributed by atoms with Gasteiger partial charge in [-0.2, -0.15) is 0 Å². The first-order chi connectivity index (χ1) is 17.0. The molecule has 0 aliphatic rings. The Balaban J connectivity index is 1.65. The number of aromatic nitrogens is 4. The molecule has 2 heterocycles. The Morgan fingerprint density at radius 2 is 1.75 bits per heavy atom. The molecule has 0 bridgehead atoms. The highest BCUT2D eigenvalue weighted by Crippen LogP contribution is 2.14. The van der Waals surface area contributed by atoms with Crippen molar-refractivity contribution in [3.05, 3.63) is 57.9 Å². The monoisotopic (exact) mass is 494 g/mol. The normalized spacial score (nSPS) is 12.1. The lowest BCUT2D eigenvalue weighted by atomic mass is 9.97. The molecule has 190 valence electrons. The molecule has 11 heteroatoms. The minimum Gasteiger partial charge on any atom is -0.481 e. The number of Topliss-reactive ketones (excluding diaryl/α,β-unsaturated/α-hetero) is 1.